The summed E-state index contributed by atoms with van der Waals surface area (Å²) in [7, 11) is 0. The number of nitrogens with zero attached hydrogens (tertiary/aromatic N) is 1. The molecule has 1 aromatic carbocycles. The summed E-state index contributed by atoms with van der Waals surface area (Å²) in [6.07, 6.45) is 9.15. The molecule has 0 atom stereocenters. The number of rotatable bonds is 7. The molecule has 3 nitrogen and oxygen atoms in total. The van der Waals surface area contributed by atoms with E-state index in [0.717, 1.165) is 22.3 Å². The highest BCUT2D eigenvalue weighted by Crippen LogP contribution is 2.16. The Hall–Kier alpha value is -2.94. The Morgan fingerprint density at radius 3 is 2.25 bits per heavy atom. The standard InChI is InChI=1S/C21H24N2O/c1-6-8-9-18(7-2)16(4)21(22)23-14-15(3)19-10-12-20(13-11-19)17(5)24/h6-14H,2-3,22H2,1,4-5H3/b8-6-,18-9+,21-16+,23-14-. The molecule has 0 aliphatic heterocycles. The predicted molar refractivity (Wildman–Crippen MR) is 104 cm³/mol. The van der Waals surface area contributed by atoms with Crippen LogP contribution in [0.5, 0.6) is 0 Å². The summed E-state index contributed by atoms with van der Waals surface area (Å²) in [5.41, 5.74) is 10.1. The second-order valence-electron chi connectivity index (χ2n) is 5.28. The van der Waals surface area contributed by atoms with E-state index in [0.29, 0.717) is 11.4 Å². The minimum Gasteiger partial charge on any atom is -0.383 e. The van der Waals surface area contributed by atoms with Crippen molar-refractivity contribution < 1.29 is 4.79 Å². The van der Waals surface area contributed by atoms with Crippen LogP contribution in [0.1, 0.15) is 36.7 Å². The van der Waals surface area contributed by atoms with Crippen LogP contribution in [0.2, 0.25) is 0 Å². The third kappa shape index (κ3) is 5.36. The number of Topliss-reactive ketones (excluding diaryl/α,β-unsaturated/α-hetero) is 1. The first kappa shape index (κ1) is 19.1. The van der Waals surface area contributed by atoms with Crippen molar-refractivity contribution in [2.75, 3.05) is 0 Å². The Labute approximate surface area is 144 Å². The molecule has 0 unspecified atom stereocenters. The molecule has 1 aromatic rings. The van der Waals surface area contributed by atoms with Gasteiger partial charge in [0.25, 0.3) is 0 Å². The summed E-state index contributed by atoms with van der Waals surface area (Å²) in [5.74, 6) is 0.445. The molecule has 1 rings (SSSR count). The SMILES string of the molecule is C=CC(=C\C=C/C)/C(C)=C(N)/N=C\C(=C)c1ccc(C(C)=O)cc1. The number of nitrogens with two attached hydrogens (primary N) is 1. The van der Waals surface area contributed by atoms with E-state index in [1.54, 1.807) is 24.4 Å². The molecule has 0 amide bonds. The number of allylic oxidation sites excluding steroid dienone is 7. The second-order valence-corrected chi connectivity index (χ2v) is 5.28. The Bertz CT molecular complexity index is 745. The van der Waals surface area contributed by atoms with E-state index >= 15 is 0 Å². The van der Waals surface area contributed by atoms with Crippen LogP contribution < -0.4 is 5.73 Å². The van der Waals surface area contributed by atoms with Gasteiger partial charge in [0.15, 0.2) is 5.78 Å². The largest absolute Gasteiger partial charge is 0.383 e. The maximum Gasteiger partial charge on any atom is 0.159 e. The fourth-order valence-electron chi connectivity index (χ4n) is 1.93. The number of hydrogen-bond donors (Lipinski definition) is 1. The van der Waals surface area contributed by atoms with Crippen molar-refractivity contribution >= 4 is 17.6 Å². The Morgan fingerprint density at radius 2 is 1.75 bits per heavy atom. The first-order valence-corrected chi connectivity index (χ1v) is 7.67. The summed E-state index contributed by atoms with van der Waals surface area (Å²) in [4.78, 5) is 15.6. The van der Waals surface area contributed by atoms with Crippen molar-refractivity contribution in [1.82, 2.24) is 0 Å². The van der Waals surface area contributed by atoms with Gasteiger partial charge < -0.3 is 5.73 Å². The molecule has 0 radical (unpaired) electrons. The highest BCUT2D eigenvalue weighted by Gasteiger charge is 2.02. The average molecular weight is 320 g/mol. The van der Waals surface area contributed by atoms with Gasteiger partial charge >= 0.3 is 0 Å². The zero-order valence-electron chi connectivity index (χ0n) is 14.5. The van der Waals surface area contributed by atoms with Gasteiger partial charge in [0.2, 0.25) is 0 Å². The first-order valence-electron chi connectivity index (χ1n) is 7.67. The van der Waals surface area contributed by atoms with Crippen LogP contribution in [0.3, 0.4) is 0 Å². The lowest BCUT2D eigenvalue weighted by molar-refractivity contribution is 0.101. The van der Waals surface area contributed by atoms with Crippen molar-refractivity contribution in [1.29, 1.82) is 0 Å². The number of aliphatic imine (C=N–C) groups is 1. The highest BCUT2D eigenvalue weighted by atomic mass is 16.1. The monoisotopic (exact) mass is 320 g/mol. The highest BCUT2D eigenvalue weighted by molar-refractivity contribution is 6.09. The lowest BCUT2D eigenvalue weighted by Gasteiger charge is -2.05. The molecule has 2 N–H and O–H groups in total. The maximum absolute atomic E-state index is 11.3. The molecule has 0 aromatic heterocycles. The van der Waals surface area contributed by atoms with Gasteiger partial charge in [-0.3, -0.25) is 4.79 Å². The van der Waals surface area contributed by atoms with E-state index in [-0.39, 0.29) is 5.78 Å². The van der Waals surface area contributed by atoms with Crippen LogP contribution in [0.25, 0.3) is 5.57 Å². The zero-order chi connectivity index (χ0) is 18.1. The predicted octanol–water partition coefficient (Wildman–Crippen LogP) is 4.85. The molecule has 0 bridgehead atoms. The minimum absolute atomic E-state index is 0.0357. The lowest BCUT2D eigenvalue weighted by atomic mass is 10.0. The molecule has 124 valence electrons. The van der Waals surface area contributed by atoms with Crippen LogP contribution in [-0.4, -0.2) is 12.0 Å². The number of benzene rings is 1. The fraction of sp³-hybridized carbons (Fsp3) is 0.143. The summed E-state index contributed by atoms with van der Waals surface area (Å²) in [5, 5.41) is 0. The molecule has 0 saturated carbocycles. The van der Waals surface area contributed by atoms with Crippen molar-refractivity contribution in [2.45, 2.75) is 20.8 Å². The van der Waals surface area contributed by atoms with Crippen LogP contribution in [0, 0.1) is 0 Å². The van der Waals surface area contributed by atoms with Gasteiger partial charge in [0.1, 0.15) is 5.82 Å². The van der Waals surface area contributed by atoms with E-state index < -0.39 is 0 Å². The Kier molecular flexibility index (Phi) is 7.37. The van der Waals surface area contributed by atoms with E-state index in [2.05, 4.69) is 18.2 Å². The van der Waals surface area contributed by atoms with Crippen molar-refractivity contribution in [3.63, 3.8) is 0 Å². The summed E-state index contributed by atoms with van der Waals surface area (Å²) < 4.78 is 0. The molecular formula is C21H24N2O. The third-order valence-electron chi connectivity index (χ3n) is 3.53. The van der Waals surface area contributed by atoms with E-state index in [4.69, 9.17) is 5.73 Å². The fourth-order valence-corrected chi connectivity index (χ4v) is 1.93. The maximum atomic E-state index is 11.3. The molecule has 0 spiro atoms. The van der Waals surface area contributed by atoms with Gasteiger partial charge in [0, 0.05) is 11.8 Å². The van der Waals surface area contributed by atoms with Gasteiger partial charge in [-0.05, 0) is 43.1 Å². The normalized spacial score (nSPS) is 13.2. The molecule has 0 aliphatic rings. The number of ketones is 1. The number of carbonyl (C=O) groups excluding carboxylic acids is 1. The van der Waals surface area contributed by atoms with Gasteiger partial charge in [-0.25, -0.2) is 4.99 Å². The molecule has 0 saturated heterocycles. The number of carbonyl (C=O) groups is 1. The van der Waals surface area contributed by atoms with Gasteiger partial charge in [0.05, 0.1) is 0 Å². The van der Waals surface area contributed by atoms with Gasteiger partial charge in [-0.2, -0.15) is 0 Å². The van der Waals surface area contributed by atoms with Gasteiger partial charge in [-0.15, -0.1) is 0 Å². The lowest BCUT2D eigenvalue weighted by Crippen LogP contribution is -2.00. The summed E-state index contributed by atoms with van der Waals surface area (Å²) in [6.45, 7) is 13.2. The van der Waals surface area contributed by atoms with Crippen LogP contribution in [-0.2, 0) is 0 Å². The molecule has 0 heterocycles. The second kappa shape index (κ2) is 9.26. The number of hydrogen-bond acceptors (Lipinski definition) is 3. The Balaban J connectivity index is 2.97. The van der Waals surface area contributed by atoms with E-state index in [9.17, 15) is 4.79 Å². The molecule has 0 fully saturated rings. The zero-order valence-corrected chi connectivity index (χ0v) is 14.5. The van der Waals surface area contributed by atoms with Crippen molar-refractivity contribution in [3.05, 3.63) is 89.8 Å². The van der Waals surface area contributed by atoms with E-state index in [1.807, 2.05) is 44.2 Å². The van der Waals surface area contributed by atoms with Crippen molar-refractivity contribution in [3.8, 4) is 0 Å². The molecular weight excluding hydrogens is 296 g/mol. The van der Waals surface area contributed by atoms with Crippen molar-refractivity contribution in [2.24, 2.45) is 10.7 Å². The topological polar surface area (TPSA) is 55.4 Å². The molecule has 24 heavy (non-hydrogen) atoms. The smallest absolute Gasteiger partial charge is 0.159 e. The first-order chi connectivity index (χ1) is 11.4. The quantitative estimate of drug-likeness (QED) is 0.443. The summed E-state index contributed by atoms with van der Waals surface area (Å²) >= 11 is 0. The van der Waals surface area contributed by atoms with Gasteiger partial charge in [-0.1, -0.05) is 61.7 Å². The third-order valence-corrected chi connectivity index (χ3v) is 3.53. The summed E-state index contributed by atoms with van der Waals surface area (Å²) in [6, 6.07) is 7.24. The average Bonchev–Trinajstić information content (AvgIpc) is 2.59. The Morgan fingerprint density at radius 1 is 1.17 bits per heavy atom. The van der Waals surface area contributed by atoms with E-state index in [1.165, 1.54) is 6.92 Å². The van der Waals surface area contributed by atoms with Crippen LogP contribution >= 0.6 is 0 Å². The van der Waals surface area contributed by atoms with Crippen LogP contribution in [0.15, 0.2) is 83.7 Å². The minimum atomic E-state index is 0.0357. The molecule has 3 heteroatoms. The van der Waals surface area contributed by atoms with Crippen LogP contribution in [0.4, 0.5) is 0 Å². The molecule has 0 aliphatic carbocycles.